The Balaban J connectivity index is 1.54. The van der Waals surface area contributed by atoms with Crippen LogP contribution in [0.25, 0.3) is 5.69 Å². The smallest absolute Gasteiger partial charge is 0.338 e. The number of nitrogens with one attached hydrogen (secondary N) is 1. The van der Waals surface area contributed by atoms with Crippen molar-refractivity contribution in [2.75, 3.05) is 12.9 Å². The van der Waals surface area contributed by atoms with Gasteiger partial charge in [0.05, 0.1) is 11.3 Å². The lowest BCUT2D eigenvalue weighted by Crippen LogP contribution is -2.45. The molecule has 1 aromatic heterocycles. The fraction of sp³-hybridized carbons (Fsp3) is 0.500. The van der Waals surface area contributed by atoms with Gasteiger partial charge in [0.1, 0.15) is 0 Å². The van der Waals surface area contributed by atoms with Crippen molar-refractivity contribution in [2.24, 2.45) is 11.8 Å². The van der Waals surface area contributed by atoms with Gasteiger partial charge in [-0.1, -0.05) is 49.8 Å². The molecule has 3 unspecified atom stereocenters. The van der Waals surface area contributed by atoms with Crippen molar-refractivity contribution in [3.63, 3.8) is 0 Å². The summed E-state index contributed by atoms with van der Waals surface area (Å²) in [6, 6.07) is 6.99. The van der Waals surface area contributed by atoms with E-state index < -0.39 is 5.97 Å². The van der Waals surface area contributed by atoms with E-state index in [4.69, 9.17) is 17.0 Å². The van der Waals surface area contributed by atoms with Gasteiger partial charge < -0.3 is 10.1 Å². The van der Waals surface area contributed by atoms with Gasteiger partial charge in [-0.25, -0.2) is 9.48 Å². The highest BCUT2D eigenvalue weighted by Crippen LogP contribution is 2.29. The average Bonchev–Trinajstić information content (AvgIpc) is 3.10. The van der Waals surface area contributed by atoms with Gasteiger partial charge in [-0.2, -0.15) is 0 Å². The van der Waals surface area contributed by atoms with Crippen molar-refractivity contribution in [1.29, 1.82) is 0 Å². The summed E-state index contributed by atoms with van der Waals surface area (Å²) >= 11 is 8.30. The first-order valence-electron chi connectivity index (χ1n) is 9.60. The molecule has 1 aromatic carbocycles. The van der Waals surface area contributed by atoms with E-state index in [2.05, 4.69) is 24.3 Å². The molecule has 1 heterocycles. The molecular formula is C20H25N3O3S3. The first-order valence-corrected chi connectivity index (χ1v) is 12.0. The molecule has 6 nitrogen and oxygen atoms in total. The zero-order chi connectivity index (χ0) is 21.0. The standard InChI is InChI=1S/C20H25N3O3S3/c1-12-5-4-6-16(13(12)2)21-17(24)11-26-18(25)14-7-9-15(10-8-14)23-20(27)29-19(22-23)28-3/h7-10,12-13,16H,4-6,11H2,1-3H3,(H,21,24). The number of carbonyl (C=O) groups is 2. The summed E-state index contributed by atoms with van der Waals surface area (Å²) in [5, 5.41) is 7.43. The largest absolute Gasteiger partial charge is 0.452 e. The lowest BCUT2D eigenvalue weighted by molar-refractivity contribution is -0.125. The summed E-state index contributed by atoms with van der Waals surface area (Å²) < 4.78 is 8.38. The lowest BCUT2D eigenvalue weighted by Gasteiger charge is -2.34. The Kier molecular flexibility index (Phi) is 7.48. The van der Waals surface area contributed by atoms with Crippen LogP contribution >= 0.6 is 35.3 Å². The molecule has 0 bridgehead atoms. The third-order valence-electron chi connectivity index (χ3n) is 5.44. The second-order valence-electron chi connectivity index (χ2n) is 7.31. The lowest BCUT2D eigenvalue weighted by atomic mass is 9.78. The summed E-state index contributed by atoms with van der Waals surface area (Å²) in [6.45, 7) is 4.11. The van der Waals surface area contributed by atoms with Crippen molar-refractivity contribution < 1.29 is 14.3 Å². The van der Waals surface area contributed by atoms with Gasteiger partial charge >= 0.3 is 5.97 Å². The molecule has 2 aromatic rings. The van der Waals surface area contributed by atoms with Gasteiger partial charge in [0.25, 0.3) is 5.91 Å². The number of amides is 1. The van der Waals surface area contributed by atoms with Gasteiger partial charge in [-0.3, -0.25) is 4.79 Å². The normalized spacial score (nSPS) is 21.6. The maximum atomic E-state index is 12.3. The SMILES string of the molecule is CSc1nn(-c2ccc(C(=O)OCC(=O)NC3CCCC(C)C3C)cc2)c(=S)s1. The molecule has 1 aliphatic rings. The zero-order valence-corrected chi connectivity index (χ0v) is 19.2. The number of hydrogen-bond donors (Lipinski definition) is 1. The van der Waals surface area contributed by atoms with Crippen molar-refractivity contribution in [3.8, 4) is 5.69 Å². The molecule has 3 atom stereocenters. The van der Waals surface area contributed by atoms with Gasteiger partial charge in [0.2, 0.25) is 0 Å². The maximum absolute atomic E-state index is 12.3. The van der Waals surface area contributed by atoms with Crippen LogP contribution in [-0.2, 0) is 9.53 Å². The van der Waals surface area contributed by atoms with E-state index in [1.165, 1.54) is 29.5 Å². The third-order valence-corrected chi connectivity index (χ3v) is 7.65. The van der Waals surface area contributed by atoms with Crippen LogP contribution in [0.15, 0.2) is 28.6 Å². The second-order valence-corrected chi connectivity index (χ2v) is 9.99. The third kappa shape index (κ3) is 5.46. The van der Waals surface area contributed by atoms with Crippen LogP contribution in [0.2, 0.25) is 0 Å². The molecule has 3 rings (SSSR count). The zero-order valence-electron chi connectivity index (χ0n) is 16.7. The Hall–Kier alpha value is -1.71. The van der Waals surface area contributed by atoms with Crippen LogP contribution in [0.3, 0.4) is 0 Å². The van der Waals surface area contributed by atoms with Gasteiger partial charge in [0.15, 0.2) is 14.9 Å². The molecule has 0 radical (unpaired) electrons. The predicted octanol–water partition coefficient (Wildman–Crippen LogP) is 4.48. The Morgan fingerprint density at radius 2 is 2.03 bits per heavy atom. The van der Waals surface area contributed by atoms with E-state index in [1.807, 2.05) is 6.26 Å². The molecule has 9 heteroatoms. The van der Waals surface area contributed by atoms with Crippen LogP contribution in [0.4, 0.5) is 0 Å². The first kappa shape index (κ1) is 22.0. The molecule has 1 N–H and O–H groups in total. The predicted molar refractivity (Wildman–Crippen MR) is 118 cm³/mol. The molecule has 1 amide bonds. The Morgan fingerprint density at radius 1 is 1.31 bits per heavy atom. The summed E-state index contributed by atoms with van der Waals surface area (Å²) in [6.07, 6.45) is 5.24. The minimum absolute atomic E-state index is 0.151. The fourth-order valence-electron chi connectivity index (χ4n) is 3.49. The molecule has 1 fully saturated rings. The molecule has 29 heavy (non-hydrogen) atoms. The van der Waals surface area contributed by atoms with Gasteiger partial charge in [-0.15, -0.1) is 5.10 Å². The van der Waals surface area contributed by atoms with Gasteiger partial charge in [-0.05, 0) is 61.0 Å². The summed E-state index contributed by atoms with van der Waals surface area (Å²) in [4.78, 5) is 24.5. The number of rotatable bonds is 6. The second kappa shape index (κ2) is 9.86. The maximum Gasteiger partial charge on any atom is 0.338 e. The van der Waals surface area contributed by atoms with E-state index in [9.17, 15) is 9.59 Å². The monoisotopic (exact) mass is 451 g/mol. The van der Waals surface area contributed by atoms with Crippen LogP contribution in [-0.4, -0.2) is 40.6 Å². The Bertz CT molecular complexity index is 923. The quantitative estimate of drug-likeness (QED) is 0.396. The summed E-state index contributed by atoms with van der Waals surface area (Å²) in [7, 11) is 0. The number of hydrogen-bond acceptors (Lipinski definition) is 7. The number of benzene rings is 1. The highest BCUT2D eigenvalue weighted by atomic mass is 32.2. The molecule has 0 saturated heterocycles. The minimum Gasteiger partial charge on any atom is -0.452 e. The fourth-order valence-corrected chi connectivity index (χ4v) is 5.27. The van der Waals surface area contributed by atoms with Crippen LogP contribution in [0.1, 0.15) is 43.5 Å². The molecule has 0 aliphatic heterocycles. The van der Waals surface area contributed by atoms with E-state index in [1.54, 1.807) is 28.9 Å². The number of esters is 1. The summed E-state index contributed by atoms with van der Waals surface area (Å²) in [5.41, 5.74) is 1.16. The average molecular weight is 452 g/mol. The highest BCUT2D eigenvalue weighted by Gasteiger charge is 2.28. The molecule has 156 valence electrons. The van der Waals surface area contributed by atoms with Crippen LogP contribution < -0.4 is 5.32 Å². The number of carbonyl (C=O) groups excluding carboxylic acids is 2. The number of thioether (sulfide) groups is 1. The number of ether oxygens (including phenoxy) is 1. The van der Waals surface area contributed by atoms with Crippen molar-refractivity contribution >= 4 is 47.2 Å². The van der Waals surface area contributed by atoms with E-state index >= 15 is 0 Å². The van der Waals surface area contributed by atoms with Crippen molar-refractivity contribution in [3.05, 3.63) is 33.8 Å². The van der Waals surface area contributed by atoms with Crippen LogP contribution in [0.5, 0.6) is 0 Å². The molecular weight excluding hydrogens is 426 g/mol. The van der Waals surface area contributed by atoms with E-state index in [0.29, 0.717) is 21.4 Å². The number of aromatic nitrogens is 2. The molecule has 0 spiro atoms. The molecule has 1 aliphatic carbocycles. The van der Waals surface area contributed by atoms with Crippen molar-refractivity contribution in [1.82, 2.24) is 15.1 Å². The minimum atomic E-state index is -0.525. The van der Waals surface area contributed by atoms with Crippen molar-refractivity contribution in [2.45, 2.75) is 43.5 Å². The highest BCUT2D eigenvalue weighted by molar-refractivity contribution is 8.00. The van der Waals surface area contributed by atoms with E-state index in [0.717, 1.165) is 22.9 Å². The summed E-state index contributed by atoms with van der Waals surface area (Å²) in [5.74, 6) is 0.246. The Labute approximate surface area is 184 Å². The van der Waals surface area contributed by atoms with E-state index in [-0.39, 0.29) is 18.6 Å². The van der Waals surface area contributed by atoms with Gasteiger partial charge in [0, 0.05) is 6.04 Å². The Morgan fingerprint density at radius 3 is 2.69 bits per heavy atom. The number of nitrogens with zero attached hydrogens (tertiary/aromatic N) is 2. The molecule has 1 saturated carbocycles. The van der Waals surface area contributed by atoms with Crippen LogP contribution in [0, 0.1) is 15.8 Å². The first-order chi connectivity index (χ1) is 13.9. The topological polar surface area (TPSA) is 73.2 Å².